The van der Waals surface area contributed by atoms with E-state index < -0.39 is 0 Å². The van der Waals surface area contributed by atoms with E-state index in [4.69, 9.17) is 14.2 Å². The maximum absolute atomic E-state index is 12.4. The third-order valence-electron chi connectivity index (χ3n) is 3.23. The van der Waals surface area contributed by atoms with Gasteiger partial charge in [0.1, 0.15) is 17.2 Å². The summed E-state index contributed by atoms with van der Waals surface area (Å²) in [6, 6.07) is 12.6. The number of ether oxygens (including phenoxy) is 3. The first kappa shape index (κ1) is 14.9. The molecule has 2 rings (SSSR count). The van der Waals surface area contributed by atoms with Gasteiger partial charge in [-0.05, 0) is 29.8 Å². The van der Waals surface area contributed by atoms with Gasteiger partial charge in [0, 0.05) is 12.5 Å². The van der Waals surface area contributed by atoms with Gasteiger partial charge in [-0.1, -0.05) is 12.1 Å². The van der Waals surface area contributed by atoms with Crippen molar-refractivity contribution in [2.45, 2.75) is 6.42 Å². The molecule has 0 saturated carbocycles. The van der Waals surface area contributed by atoms with Crippen molar-refractivity contribution >= 4 is 5.78 Å². The maximum Gasteiger partial charge on any atom is 0.170 e. The average Bonchev–Trinajstić information content (AvgIpc) is 2.54. The van der Waals surface area contributed by atoms with Crippen LogP contribution >= 0.6 is 0 Å². The molecule has 0 aliphatic heterocycles. The molecule has 0 heterocycles. The number of ketones is 1. The minimum absolute atomic E-state index is 0.000306. The molecule has 0 fully saturated rings. The van der Waals surface area contributed by atoms with Gasteiger partial charge in [0.2, 0.25) is 0 Å². The molecule has 0 spiro atoms. The molecular formula is C17H18O4. The summed E-state index contributed by atoms with van der Waals surface area (Å²) in [6.45, 7) is 0. The lowest BCUT2D eigenvalue weighted by Gasteiger charge is -2.10. The van der Waals surface area contributed by atoms with Crippen molar-refractivity contribution in [1.29, 1.82) is 0 Å². The van der Waals surface area contributed by atoms with Crippen LogP contribution in [-0.2, 0) is 6.42 Å². The summed E-state index contributed by atoms with van der Waals surface area (Å²) in [5.41, 5.74) is 1.48. The predicted octanol–water partition coefficient (Wildman–Crippen LogP) is 3.14. The third kappa shape index (κ3) is 3.54. The van der Waals surface area contributed by atoms with Gasteiger partial charge in [0.25, 0.3) is 0 Å². The molecule has 0 atom stereocenters. The summed E-state index contributed by atoms with van der Waals surface area (Å²) in [7, 11) is 4.73. The van der Waals surface area contributed by atoms with Crippen LogP contribution in [0, 0.1) is 0 Å². The van der Waals surface area contributed by atoms with E-state index in [0.717, 1.165) is 11.3 Å². The monoisotopic (exact) mass is 286 g/mol. The van der Waals surface area contributed by atoms with Crippen molar-refractivity contribution in [2.75, 3.05) is 21.3 Å². The lowest BCUT2D eigenvalue weighted by molar-refractivity contribution is 0.0990. The second kappa shape index (κ2) is 6.79. The van der Waals surface area contributed by atoms with Gasteiger partial charge in [-0.25, -0.2) is 0 Å². The van der Waals surface area contributed by atoms with E-state index in [1.165, 1.54) is 0 Å². The number of hydrogen-bond acceptors (Lipinski definition) is 4. The van der Waals surface area contributed by atoms with Gasteiger partial charge in [-0.15, -0.1) is 0 Å². The number of methoxy groups -OCH3 is 3. The summed E-state index contributed by atoms with van der Waals surface area (Å²) in [5.74, 6) is 1.95. The van der Waals surface area contributed by atoms with Crippen molar-refractivity contribution in [3.05, 3.63) is 53.6 Å². The average molecular weight is 286 g/mol. The normalized spacial score (nSPS) is 10.0. The minimum Gasteiger partial charge on any atom is -0.497 e. The van der Waals surface area contributed by atoms with Gasteiger partial charge in [0.05, 0.1) is 26.9 Å². The Morgan fingerprint density at radius 1 is 0.857 bits per heavy atom. The number of Topliss-reactive ketones (excluding diaryl/α,β-unsaturated/α-hetero) is 1. The van der Waals surface area contributed by atoms with Crippen LogP contribution in [-0.4, -0.2) is 27.1 Å². The van der Waals surface area contributed by atoms with E-state index in [2.05, 4.69) is 0 Å². The minimum atomic E-state index is -0.000306. The van der Waals surface area contributed by atoms with Gasteiger partial charge in [-0.3, -0.25) is 4.79 Å². The number of rotatable bonds is 6. The van der Waals surface area contributed by atoms with Crippen molar-refractivity contribution in [3.8, 4) is 17.2 Å². The van der Waals surface area contributed by atoms with E-state index in [-0.39, 0.29) is 5.78 Å². The van der Waals surface area contributed by atoms with Crippen LogP contribution in [0.4, 0.5) is 0 Å². The molecule has 2 aromatic rings. The molecular weight excluding hydrogens is 268 g/mol. The van der Waals surface area contributed by atoms with Gasteiger partial charge in [0.15, 0.2) is 5.78 Å². The molecule has 110 valence electrons. The zero-order valence-electron chi connectivity index (χ0n) is 12.4. The van der Waals surface area contributed by atoms with Crippen molar-refractivity contribution < 1.29 is 19.0 Å². The van der Waals surface area contributed by atoms with Crippen LogP contribution in [0.5, 0.6) is 17.2 Å². The van der Waals surface area contributed by atoms with E-state index in [1.54, 1.807) is 39.5 Å². The van der Waals surface area contributed by atoms with Crippen LogP contribution < -0.4 is 14.2 Å². The lowest BCUT2D eigenvalue weighted by Crippen LogP contribution is -2.06. The molecule has 21 heavy (non-hydrogen) atoms. The van der Waals surface area contributed by atoms with E-state index in [1.807, 2.05) is 24.3 Å². The first-order chi connectivity index (χ1) is 10.2. The van der Waals surface area contributed by atoms with Crippen LogP contribution in [0.3, 0.4) is 0 Å². The highest BCUT2D eigenvalue weighted by Gasteiger charge is 2.14. The smallest absolute Gasteiger partial charge is 0.170 e. The van der Waals surface area contributed by atoms with Crippen LogP contribution in [0.15, 0.2) is 42.5 Å². The Bertz CT molecular complexity index is 617. The van der Waals surface area contributed by atoms with E-state index in [0.29, 0.717) is 23.5 Å². The molecule has 0 aromatic heterocycles. The molecule has 0 saturated heterocycles. The summed E-state index contributed by atoms with van der Waals surface area (Å²) >= 11 is 0. The maximum atomic E-state index is 12.4. The van der Waals surface area contributed by atoms with Gasteiger partial charge < -0.3 is 14.2 Å². The zero-order valence-corrected chi connectivity index (χ0v) is 12.4. The summed E-state index contributed by atoms with van der Waals surface area (Å²) in [6.07, 6.45) is 0.312. The Hall–Kier alpha value is -2.49. The zero-order chi connectivity index (χ0) is 15.2. The fraction of sp³-hybridized carbons (Fsp3) is 0.235. The summed E-state index contributed by atoms with van der Waals surface area (Å²) in [4.78, 5) is 12.4. The molecule has 0 unspecified atom stereocenters. The van der Waals surface area contributed by atoms with Crippen LogP contribution in [0.25, 0.3) is 0 Å². The largest absolute Gasteiger partial charge is 0.497 e. The van der Waals surface area contributed by atoms with Crippen molar-refractivity contribution in [3.63, 3.8) is 0 Å². The molecule has 0 N–H and O–H groups in total. The second-order valence-corrected chi connectivity index (χ2v) is 4.51. The second-order valence-electron chi connectivity index (χ2n) is 4.51. The number of hydrogen-bond donors (Lipinski definition) is 0. The summed E-state index contributed by atoms with van der Waals surface area (Å²) in [5, 5.41) is 0. The number of carbonyl (C=O) groups is 1. The van der Waals surface area contributed by atoms with Crippen LogP contribution in [0.2, 0.25) is 0 Å². The quantitative estimate of drug-likeness (QED) is 0.765. The van der Waals surface area contributed by atoms with Crippen molar-refractivity contribution in [2.24, 2.45) is 0 Å². The molecule has 4 heteroatoms. The first-order valence-electron chi connectivity index (χ1n) is 6.56. The molecule has 0 aliphatic rings. The topological polar surface area (TPSA) is 44.8 Å². The van der Waals surface area contributed by atoms with Crippen LogP contribution in [0.1, 0.15) is 15.9 Å². The van der Waals surface area contributed by atoms with Gasteiger partial charge in [-0.2, -0.15) is 0 Å². The lowest BCUT2D eigenvalue weighted by atomic mass is 10.0. The van der Waals surface area contributed by atoms with Gasteiger partial charge >= 0.3 is 0 Å². The highest BCUT2D eigenvalue weighted by atomic mass is 16.5. The third-order valence-corrected chi connectivity index (χ3v) is 3.23. The Morgan fingerprint density at radius 2 is 1.48 bits per heavy atom. The number of carbonyl (C=O) groups excluding carboxylic acids is 1. The van der Waals surface area contributed by atoms with E-state index in [9.17, 15) is 4.79 Å². The van der Waals surface area contributed by atoms with Crippen molar-refractivity contribution in [1.82, 2.24) is 0 Å². The Kier molecular flexibility index (Phi) is 4.82. The summed E-state index contributed by atoms with van der Waals surface area (Å²) < 4.78 is 15.5. The highest BCUT2D eigenvalue weighted by Crippen LogP contribution is 2.26. The Balaban J connectivity index is 2.19. The SMILES string of the molecule is COc1ccc(CC(=O)c2ccc(OC)cc2OC)cc1. The molecule has 4 nitrogen and oxygen atoms in total. The Morgan fingerprint density at radius 3 is 2.05 bits per heavy atom. The standard InChI is InChI=1S/C17H18O4/c1-19-13-6-4-12(5-7-13)10-16(18)15-9-8-14(20-2)11-17(15)21-3/h4-9,11H,10H2,1-3H3. The predicted molar refractivity (Wildman–Crippen MR) is 80.6 cm³/mol. The Labute approximate surface area is 124 Å². The molecule has 0 radical (unpaired) electrons. The molecule has 0 aliphatic carbocycles. The fourth-order valence-electron chi connectivity index (χ4n) is 2.05. The molecule has 2 aromatic carbocycles. The van der Waals surface area contributed by atoms with E-state index >= 15 is 0 Å². The first-order valence-corrected chi connectivity index (χ1v) is 6.56. The fourth-order valence-corrected chi connectivity index (χ4v) is 2.05. The number of benzene rings is 2. The molecule has 0 bridgehead atoms. The molecule has 0 amide bonds. The highest BCUT2D eigenvalue weighted by molar-refractivity contribution is 6.00.